The minimum absolute atomic E-state index is 0.124. The van der Waals surface area contributed by atoms with Crippen LogP contribution < -0.4 is 0 Å². The van der Waals surface area contributed by atoms with Gasteiger partial charge in [0.1, 0.15) is 0 Å². The third kappa shape index (κ3) is 2.99. The van der Waals surface area contributed by atoms with Crippen molar-refractivity contribution in [3.05, 3.63) is 28.7 Å². The Balaban J connectivity index is 1.93. The molecule has 0 unspecified atom stereocenters. The molecule has 10 heteroatoms. The lowest BCUT2D eigenvalue weighted by Crippen LogP contribution is -2.56. The quantitative estimate of drug-likeness (QED) is 0.485. The SMILES string of the molecule is O=S(=O)(O[C@H]1C[C@H]2CC[C@]1(C(F)(F)C(F)(F)F)C2)c1ccc(Br)cc1. The van der Waals surface area contributed by atoms with Crippen LogP contribution in [-0.4, -0.2) is 26.6 Å². The summed E-state index contributed by atoms with van der Waals surface area (Å²) in [5.74, 6) is -5.40. The van der Waals surface area contributed by atoms with E-state index >= 15 is 0 Å². The number of rotatable bonds is 4. The second-order valence-corrected chi connectivity index (χ2v) is 9.05. The minimum atomic E-state index is -5.75. The minimum Gasteiger partial charge on any atom is -0.262 e. The first kappa shape index (κ1) is 19.0. The maximum Gasteiger partial charge on any atom is 0.453 e. The van der Waals surface area contributed by atoms with Gasteiger partial charge in [0.05, 0.1) is 16.4 Å². The number of hydrogen-bond acceptors (Lipinski definition) is 3. The average Bonchev–Trinajstić information content (AvgIpc) is 3.05. The zero-order valence-electron chi connectivity index (χ0n) is 12.7. The Morgan fingerprint density at radius 1 is 1.12 bits per heavy atom. The molecule has 0 amide bonds. The maximum atomic E-state index is 14.2. The molecule has 2 saturated carbocycles. The first-order valence-electron chi connectivity index (χ1n) is 7.52. The second kappa shape index (κ2) is 5.88. The molecule has 3 atom stereocenters. The number of alkyl halides is 5. The van der Waals surface area contributed by atoms with Gasteiger partial charge >= 0.3 is 12.1 Å². The van der Waals surface area contributed by atoms with Crippen molar-refractivity contribution >= 4 is 26.0 Å². The molecule has 2 bridgehead atoms. The summed E-state index contributed by atoms with van der Waals surface area (Å²) in [7, 11) is -4.45. The van der Waals surface area contributed by atoms with Gasteiger partial charge in [-0.3, -0.25) is 4.18 Å². The van der Waals surface area contributed by atoms with Gasteiger partial charge in [-0.05, 0) is 55.9 Å². The van der Waals surface area contributed by atoms with Crippen molar-refractivity contribution in [2.75, 3.05) is 0 Å². The third-order valence-electron chi connectivity index (χ3n) is 5.14. The van der Waals surface area contributed by atoms with Crippen molar-refractivity contribution in [1.29, 1.82) is 0 Å². The van der Waals surface area contributed by atoms with Crippen LogP contribution in [0, 0.1) is 11.3 Å². The average molecular weight is 449 g/mol. The van der Waals surface area contributed by atoms with Gasteiger partial charge in [-0.1, -0.05) is 15.9 Å². The summed E-state index contributed by atoms with van der Waals surface area (Å²) in [5, 5.41) is 0. The van der Waals surface area contributed by atoms with Crippen molar-refractivity contribution < 1.29 is 34.6 Å². The molecule has 0 N–H and O–H groups in total. The molecule has 25 heavy (non-hydrogen) atoms. The van der Waals surface area contributed by atoms with E-state index in [-0.39, 0.29) is 24.2 Å². The fourth-order valence-corrected chi connectivity index (χ4v) is 5.33. The van der Waals surface area contributed by atoms with Crippen LogP contribution in [0.4, 0.5) is 22.0 Å². The van der Waals surface area contributed by atoms with Crippen molar-refractivity contribution in [2.24, 2.45) is 11.3 Å². The van der Waals surface area contributed by atoms with Crippen LogP contribution in [0.25, 0.3) is 0 Å². The number of hydrogen-bond donors (Lipinski definition) is 0. The van der Waals surface area contributed by atoms with Crippen molar-refractivity contribution in [1.82, 2.24) is 0 Å². The Hall–Kier alpha value is -0.740. The lowest BCUT2D eigenvalue weighted by Gasteiger charge is -2.41. The van der Waals surface area contributed by atoms with Gasteiger partial charge in [-0.2, -0.15) is 30.4 Å². The van der Waals surface area contributed by atoms with Crippen LogP contribution in [0.2, 0.25) is 0 Å². The van der Waals surface area contributed by atoms with Crippen molar-refractivity contribution in [3.63, 3.8) is 0 Å². The molecule has 0 radical (unpaired) electrons. The monoisotopic (exact) mass is 448 g/mol. The molecule has 0 spiro atoms. The van der Waals surface area contributed by atoms with Gasteiger partial charge in [0.25, 0.3) is 10.1 Å². The number of halogens is 6. The van der Waals surface area contributed by atoms with Crippen LogP contribution >= 0.6 is 15.9 Å². The standard InChI is InChI=1S/C15H14BrF5O3S/c16-10-1-3-11(4-2-10)25(22,23)24-12-7-9-5-6-13(12,8-9)14(17,18)15(19,20)21/h1-4,9,12H,5-8H2/t9-,12+,13+/m1/s1. The summed E-state index contributed by atoms with van der Waals surface area (Å²) in [5.41, 5.74) is -2.53. The Morgan fingerprint density at radius 3 is 2.24 bits per heavy atom. The van der Waals surface area contributed by atoms with Gasteiger partial charge in [0.2, 0.25) is 0 Å². The molecule has 140 valence electrons. The van der Waals surface area contributed by atoms with Gasteiger partial charge < -0.3 is 0 Å². The maximum absolute atomic E-state index is 14.2. The molecule has 0 aliphatic heterocycles. The van der Waals surface area contributed by atoms with Crippen LogP contribution in [-0.2, 0) is 14.3 Å². The molecule has 2 aliphatic carbocycles. The highest BCUT2D eigenvalue weighted by Crippen LogP contribution is 2.66. The first-order chi connectivity index (χ1) is 11.4. The summed E-state index contributed by atoms with van der Waals surface area (Å²) >= 11 is 3.12. The largest absolute Gasteiger partial charge is 0.453 e. The van der Waals surface area contributed by atoms with E-state index in [9.17, 15) is 30.4 Å². The zero-order chi connectivity index (χ0) is 18.7. The van der Waals surface area contributed by atoms with Gasteiger partial charge in [0, 0.05) is 4.47 Å². The summed E-state index contributed by atoms with van der Waals surface area (Å²) in [6.07, 6.45) is -8.16. The zero-order valence-corrected chi connectivity index (χ0v) is 15.1. The molecular formula is C15H14BrF5O3S. The summed E-state index contributed by atoms with van der Waals surface area (Å²) in [4.78, 5) is -0.288. The Bertz CT molecular complexity index is 762. The van der Waals surface area contributed by atoms with E-state index in [4.69, 9.17) is 4.18 Å². The first-order valence-corrected chi connectivity index (χ1v) is 9.73. The highest BCUT2D eigenvalue weighted by molar-refractivity contribution is 9.10. The molecule has 0 heterocycles. The van der Waals surface area contributed by atoms with Crippen molar-refractivity contribution in [3.8, 4) is 0 Å². The number of benzene rings is 1. The van der Waals surface area contributed by atoms with Crippen molar-refractivity contribution in [2.45, 2.75) is 48.8 Å². The van der Waals surface area contributed by atoms with E-state index in [1.54, 1.807) is 0 Å². The van der Waals surface area contributed by atoms with Crippen LogP contribution in [0.5, 0.6) is 0 Å². The van der Waals surface area contributed by atoms with Crippen LogP contribution in [0.1, 0.15) is 25.7 Å². The number of fused-ring (bicyclic) bond motifs is 2. The molecule has 3 rings (SSSR count). The van der Waals surface area contributed by atoms with E-state index in [1.165, 1.54) is 24.3 Å². The predicted octanol–water partition coefficient (Wildman–Crippen LogP) is 4.91. The summed E-state index contributed by atoms with van der Waals surface area (Å²) in [6.45, 7) is 0. The van der Waals surface area contributed by atoms with Crippen LogP contribution in [0.3, 0.4) is 0 Å². The van der Waals surface area contributed by atoms with Gasteiger partial charge in [-0.15, -0.1) is 0 Å². The molecule has 0 aromatic heterocycles. The molecule has 0 saturated heterocycles. The van der Waals surface area contributed by atoms with E-state index in [1.807, 2.05) is 0 Å². The smallest absolute Gasteiger partial charge is 0.262 e. The highest BCUT2D eigenvalue weighted by atomic mass is 79.9. The predicted molar refractivity (Wildman–Crippen MR) is 81.6 cm³/mol. The van der Waals surface area contributed by atoms with Gasteiger partial charge in [-0.25, -0.2) is 0 Å². The lowest BCUT2D eigenvalue weighted by molar-refractivity contribution is -0.334. The topological polar surface area (TPSA) is 43.4 Å². The molecule has 2 aliphatic rings. The Labute approximate surface area is 149 Å². The van der Waals surface area contributed by atoms with E-state index in [2.05, 4.69) is 15.9 Å². The van der Waals surface area contributed by atoms with E-state index in [0.717, 1.165) is 0 Å². The van der Waals surface area contributed by atoms with Crippen LogP contribution in [0.15, 0.2) is 33.6 Å². The van der Waals surface area contributed by atoms with Gasteiger partial charge in [0.15, 0.2) is 0 Å². The molecule has 1 aromatic carbocycles. The lowest BCUT2D eigenvalue weighted by atomic mass is 9.75. The van der Waals surface area contributed by atoms with E-state index in [0.29, 0.717) is 4.47 Å². The van der Waals surface area contributed by atoms with E-state index < -0.39 is 46.1 Å². The fraction of sp³-hybridized carbons (Fsp3) is 0.600. The Kier molecular flexibility index (Phi) is 4.48. The molecule has 1 aromatic rings. The molecule has 3 nitrogen and oxygen atoms in total. The summed E-state index contributed by atoms with van der Waals surface area (Å²) in [6, 6.07) is 5.22. The highest BCUT2D eigenvalue weighted by Gasteiger charge is 2.76. The molecular weight excluding hydrogens is 435 g/mol. The normalized spacial score (nSPS) is 30.0. The third-order valence-corrected chi connectivity index (χ3v) is 7.01. The summed E-state index contributed by atoms with van der Waals surface area (Å²) < 4.78 is 97.4. The second-order valence-electron chi connectivity index (χ2n) is 6.57. The fourth-order valence-electron chi connectivity index (χ4n) is 3.91. The Morgan fingerprint density at radius 2 is 1.72 bits per heavy atom. The molecule has 2 fully saturated rings.